The summed E-state index contributed by atoms with van der Waals surface area (Å²) in [5.74, 6) is 0. The molecular formula is C18H15N. The van der Waals surface area contributed by atoms with Crippen molar-refractivity contribution >= 4 is 27.4 Å². The summed E-state index contributed by atoms with van der Waals surface area (Å²) in [5.41, 5.74) is 5.11. The van der Waals surface area contributed by atoms with Gasteiger partial charge in [-0.25, -0.2) is 0 Å². The molecule has 1 aliphatic carbocycles. The monoisotopic (exact) mass is 245 g/mol. The Morgan fingerprint density at radius 3 is 2.63 bits per heavy atom. The number of hydrogen-bond donors (Lipinski definition) is 1. The maximum atomic E-state index is 3.57. The van der Waals surface area contributed by atoms with Gasteiger partial charge in [0.1, 0.15) is 0 Å². The summed E-state index contributed by atoms with van der Waals surface area (Å²) >= 11 is 0. The molecule has 3 aromatic rings. The van der Waals surface area contributed by atoms with Crippen molar-refractivity contribution in [3.05, 3.63) is 66.3 Å². The summed E-state index contributed by atoms with van der Waals surface area (Å²) in [7, 11) is 0. The number of allylic oxidation sites excluding steroid dienone is 4. The largest absolute Gasteiger partial charge is 0.354 e. The molecule has 0 bridgehead atoms. The molecule has 0 spiro atoms. The molecule has 0 saturated carbocycles. The summed E-state index contributed by atoms with van der Waals surface area (Å²) < 4.78 is 0. The molecule has 1 heterocycles. The molecule has 4 rings (SSSR count). The fourth-order valence-electron chi connectivity index (χ4n) is 2.93. The van der Waals surface area contributed by atoms with Crippen LogP contribution in [0.4, 0.5) is 0 Å². The predicted octanol–water partition coefficient (Wildman–Crippen LogP) is 5.05. The molecule has 1 aliphatic rings. The third kappa shape index (κ3) is 1.62. The van der Waals surface area contributed by atoms with Gasteiger partial charge in [-0.3, -0.25) is 0 Å². The Balaban J connectivity index is 2.06. The van der Waals surface area contributed by atoms with Gasteiger partial charge in [0.25, 0.3) is 0 Å². The maximum Gasteiger partial charge on any atom is 0.0544 e. The van der Waals surface area contributed by atoms with Crippen LogP contribution < -0.4 is 0 Å². The smallest absolute Gasteiger partial charge is 0.0544 e. The normalized spacial score (nSPS) is 15.1. The highest BCUT2D eigenvalue weighted by atomic mass is 14.7. The molecule has 0 amide bonds. The van der Waals surface area contributed by atoms with Crippen molar-refractivity contribution in [1.29, 1.82) is 0 Å². The van der Waals surface area contributed by atoms with Crippen molar-refractivity contribution in [2.24, 2.45) is 0 Å². The van der Waals surface area contributed by atoms with Crippen LogP contribution in [0.5, 0.6) is 0 Å². The van der Waals surface area contributed by atoms with Crippen LogP contribution in [0.3, 0.4) is 0 Å². The summed E-state index contributed by atoms with van der Waals surface area (Å²) in [5, 5.41) is 2.62. The first-order chi connectivity index (χ1) is 9.43. The maximum absolute atomic E-state index is 3.57. The zero-order valence-electron chi connectivity index (χ0n) is 10.7. The predicted molar refractivity (Wildman–Crippen MR) is 82.2 cm³/mol. The van der Waals surface area contributed by atoms with Gasteiger partial charge < -0.3 is 4.98 Å². The molecule has 2 aromatic carbocycles. The minimum absolute atomic E-state index is 1.14. The SMILES string of the molecule is C1=CC(c2cccc3c2[nH]c2ccccc23)=CCC1. The molecule has 1 heteroatoms. The van der Waals surface area contributed by atoms with E-state index in [2.05, 4.69) is 65.7 Å². The van der Waals surface area contributed by atoms with Crippen molar-refractivity contribution in [3.63, 3.8) is 0 Å². The first-order valence-electron chi connectivity index (χ1n) is 6.80. The standard InChI is InChI=1S/C18H15N/c1-2-7-13(8-3-1)14-10-6-11-16-15-9-4-5-12-17(15)19-18(14)16/h2,4-12,19H,1,3H2. The molecule has 1 aromatic heterocycles. The third-order valence-electron chi connectivity index (χ3n) is 3.85. The van der Waals surface area contributed by atoms with Gasteiger partial charge in [-0.1, -0.05) is 54.6 Å². The van der Waals surface area contributed by atoms with Crippen LogP contribution in [0.25, 0.3) is 27.4 Å². The van der Waals surface area contributed by atoms with Gasteiger partial charge in [0.05, 0.1) is 5.52 Å². The number of H-pyrrole nitrogens is 1. The lowest BCUT2D eigenvalue weighted by Gasteiger charge is -2.08. The average Bonchev–Trinajstić information content (AvgIpc) is 2.87. The lowest BCUT2D eigenvalue weighted by atomic mass is 9.97. The molecule has 0 atom stereocenters. The number of rotatable bonds is 1. The molecule has 92 valence electrons. The van der Waals surface area contributed by atoms with Crippen LogP contribution in [-0.4, -0.2) is 4.98 Å². The third-order valence-corrected chi connectivity index (χ3v) is 3.85. The van der Waals surface area contributed by atoms with E-state index >= 15 is 0 Å². The average molecular weight is 245 g/mol. The van der Waals surface area contributed by atoms with Gasteiger partial charge in [0.2, 0.25) is 0 Å². The van der Waals surface area contributed by atoms with Crippen LogP contribution >= 0.6 is 0 Å². The minimum Gasteiger partial charge on any atom is -0.354 e. The van der Waals surface area contributed by atoms with Gasteiger partial charge in [-0.05, 0) is 24.5 Å². The second-order valence-corrected chi connectivity index (χ2v) is 5.04. The van der Waals surface area contributed by atoms with E-state index in [1.54, 1.807) is 0 Å². The van der Waals surface area contributed by atoms with E-state index in [1.165, 1.54) is 32.9 Å². The Kier molecular flexibility index (Phi) is 2.31. The molecule has 0 radical (unpaired) electrons. The van der Waals surface area contributed by atoms with Gasteiger partial charge in [0, 0.05) is 21.9 Å². The lowest BCUT2D eigenvalue weighted by Crippen LogP contribution is -1.87. The zero-order valence-corrected chi connectivity index (χ0v) is 10.7. The summed E-state index contributed by atoms with van der Waals surface area (Å²) in [6, 6.07) is 15.1. The van der Waals surface area contributed by atoms with E-state index < -0.39 is 0 Å². The molecule has 1 N–H and O–H groups in total. The molecule has 0 saturated heterocycles. The Bertz CT molecular complexity index is 818. The molecular weight excluding hydrogens is 230 g/mol. The molecule has 0 aliphatic heterocycles. The quantitative estimate of drug-likeness (QED) is 0.617. The van der Waals surface area contributed by atoms with E-state index in [1.807, 2.05) is 0 Å². The van der Waals surface area contributed by atoms with E-state index in [9.17, 15) is 0 Å². The second-order valence-electron chi connectivity index (χ2n) is 5.04. The van der Waals surface area contributed by atoms with Crippen molar-refractivity contribution in [2.45, 2.75) is 12.8 Å². The van der Waals surface area contributed by atoms with Crippen molar-refractivity contribution < 1.29 is 0 Å². The van der Waals surface area contributed by atoms with E-state index in [0.717, 1.165) is 12.8 Å². The van der Waals surface area contributed by atoms with E-state index in [-0.39, 0.29) is 0 Å². The fourth-order valence-corrected chi connectivity index (χ4v) is 2.93. The van der Waals surface area contributed by atoms with Crippen molar-refractivity contribution in [3.8, 4) is 0 Å². The van der Waals surface area contributed by atoms with E-state index in [0.29, 0.717) is 0 Å². The Labute approximate surface area is 112 Å². The number of fused-ring (bicyclic) bond motifs is 3. The highest BCUT2D eigenvalue weighted by Crippen LogP contribution is 2.32. The van der Waals surface area contributed by atoms with Gasteiger partial charge in [-0.15, -0.1) is 0 Å². The number of benzene rings is 2. The van der Waals surface area contributed by atoms with Gasteiger partial charge in [-0.2, -0.15) is 0 Å². The van der Waals surface area contributed by atoms with Crippen LogP contribution in [0, 0.1) is 0 Å². The lowest BCUT2D eigenvalue weighted by molar-refractivity contribution is 1.04. The highest BCUT2D eigenvalue weighted by Gasteiger charge is 2.10. The highest BCUT2D eigenvalue weighted by molar-refractivity contribution is 6.10. The summed E-state index contributed by atoms with van der Waals surface area (Å²) in [6.07, 6.45) is 9.13. The first kappa shape index (κ1) is 10.6. The number of aromatic amines is 1. The van der Waals surface area contributed by atoms with Crippen molar-refractivity contribution in [2.75, 3.05) is 0 Å². The Morgan fingerprint density at radius 1 is 0.842 bits per heavy atom. The molecule has 1 nitrogen and oxygen atoms in total. The number of hydrogen-bond acceptors (Lipinski definition) is 0. The van der Waals surface area contributed by atoms with Gasteiger partial charge in [0.15, 0.2) is 0 Å². The Morgan fingerprint density at radius 2 is 1.74 bits per heavy atom. The minimum atomic E-state index is 1.14. The van der Waals surface area contributed by atoms with Crippen LogP contribution in [-0.2, 0) is 0 Å². The fraction of sp³-hybridized carbons (Fsp3) is 0.111. The first-order valence-corrected chi connectivity index (χ1v) is 6.80. The Hall–Kier alpha value is -2.28. The van der Waals surface area contributed by atoms with Crippen LogP contribution in [0.2, 0.25) is 0 Å². The second kappa shape index (κ2) is 4.13. The molecule has 0 unspecified atom stereocenters. The van der Waals surface area contributed by atoms with Gasteiger partial charge >= 0.3 is 0 Å². The zero-order chi connectivity index (χ0) is 12.7. The molecule has 19 heavy (non-hydrogen) atoms. The van der Waals surface area contributed by atoms with Crippen LogP contribution in [0.15, 0.2) is 60.7 Å². The number of nitrogens with one attached hydrogen (secondary N) is 1. The van der Waals surface area contributed by atoms with Crippen molar-refractivity contribution in [1.82, 2.24) is 4.98 Å². The van der Waals surface area contributed by atoms with Crippen LogP contribution in [0.1, 0.15) is 18.4 Å². The summed E-state index contributed by atoms with van der Waals surface area (Å²) in [6.45, 7) is 0. The number of para-hydroxylation sites is 2. The number of aromatic nitrogens is 1. The summed E-state index contributed by atoms with van der Waals surface area (Å²) in [4.78, 5) is 3.57. The topological polar surface area (TPSA) is 15.8 Å². The molecule has 0 fully saturated rings. The van der Waals surface area contributed by atoms with E-state index in [4.69, 9.17) is 0 Å².